The van der Waals surface area contributed by atoms with E-state index in [1.54, 1.807) is 18.3 Å². The second kappa shape index (κ2) is 4.67. The molecule has 88 valence electrons. The summed E-state index contributed by atoms with van der Waals surface area (Å²) in [7, 11) is 0. The number of hydrogen-bond acceptors (Lipinski definition) is 2. The molecule has 17 heavy (non-hydrogen) atoms. The first-order chi connectivity index (χ1) is 8.08. The zero-order valence-electron chi connectivity index (χ0n) is 8.60. The van der Waals surface area contributed by atoms with Crippen LogP contribution < -0.4 is 0 Å². The zero-order valence-corrected chi connectivity index (χ0v) is 10.2. The number of rotatable bonds is 3. The number of aromatic nitrogens is 2. The van der Waals surface area contributed by atoms with Crippen molar-refractivity contribution in [2.24, 2.45) is 0 Å². The highest BCUT2D eigenvalue weighted by Crippen LogP contribution is 2.21. The van der Waals surface area contributed by atoms with E-state index >= 15 is 0 Å². The smallest absolute Gasteiger partial charge is 0.356 e. The number of benzene rings is 1. The van der Waals surface area contributed by atoms with E-state index in [9.17, 15) is 9.18 Å². The fourth-order valence-electron chi connectivity index (χ4n) is 1.41. The first kappa shape index (κ1) is 11.8. The number of carboxylic acids is 1. The van der Waals surface area contributed by atoms with E-state index in [0.29, 0.717) is 16.6 Å². The maximum Gasteiger partial charge on any atom is 0.356 e. The molecule has 0 saturated carbocycles. The lowest BCUT2D eigenvalue weighted by Crippen LogP contribution is -2.04. The first-order valence-corrected chi connectivity index (χ1v) is 5.57. The Bertz CT molecular complexity index is 568. The lowest BCUT2D eigenvalue weighted by Gasteiger charge is -2.05. The lowest BCUT2D eigenvalue weighted by molar-refractivity contribution is 0.0689. The quantitative estimate of drug-likeness (QED) is 0.947. The predicted octanol–water partition coefficient (Wildman–Crippen LogP) is 2.53. The Balaban J connectivity index is 2.25. The molecule has 0 aliphatic heterocycles. The SMILES string of the molecule is O=C(O)c1ccn(Cc2cccc(F)c2Br)n1. The maximum absolute atomic E-state index is 13.2. The van der Waals surface area contributed by atoms with Gasteiger partial charge in [0.1, 0.15) is 5.82 Å². The van der Waals surface area contributed by atoms with Crippen LogP contribution in [0.15, 0.2) is 34.9 Å². The monoisotopic (exact) mass is 298 g/mol. The summed E-state index contributed by atoms with van der Waals surface area (Å²) in [5.41, 5.74) is 0.669. The summed E-state index contributed by atoms with van der Waals surface area (Å²) in [6.45, 7) is 0.311. The fourth-order valence-corrected chi connectivity index (χ4v) is 1.80. The summed E-state index contributed by atoms with van der Waals surface area (Å²) in [6.07, 6.45) is 1.54. The van der Waals surface area contributed by atoms with Crippen LogP contribution in [0.4, 0.5) is 4.39 Å². The van der Waals surface area contributed by atoms with Crippen LogP contribution in [0, 0.1) is 5.82 Å². The number of aromatic carboxylic acids is 1. The topological polar surface area (TPSA) is 55.1 Å². The highest BCUT2D eigenvalue weighted by atomic mass is 79.9. The minimum absolute atomic E-state index is 0.0301. The molecule has 2 aromatic rings. The number of carbonyl (C=O) groups is 1. The van der Waals surface area contributed by atoms with Gasteiger partial charge in [0.05, 0.1) is 11.0 Å². The Kier molecular flexibility index (Phi) is 3.23. The summed E-state index contributed by atoms with van der Waals surface area (Å²) in [5, 5.41) is 12.6. The normalized spacial score (nSPS) is 10.5. The van der Waals surface area contributed by atoms with Gasteiger partial charge in [-0.3, -0.25) is 4.68 Å². The molecule has 0 amide bonds. The van der Waals surface area contributed by atoms with Crippen molar-refractivity contribution in [3.63, 3.8) is 0 Å². The maximum atomic E-state index is 13.2. The van der Waals surface area contributed by atoms with Gasteiger partial charge in [0.25, 0.3) is 0 Å². The van der Waals surface area contributed by atoms with Gasteiger partial charge in [0.15, 0.2) is 5.69 Å². The third-order valence-electron chi connectivity index (χ3n) is 2.22. The molecule has 1 aromatic heterocycles. The summed E-state index contributed by atoms with van der Waals surface area (Å²) in [6, 6.07) is 6.08. The number of carboxylic acid groups (broad SMARTS) is 1. The Labute approximate surface area is 105 Å². The molecule has 0 spiro atoms. The molecular weight excluding hydrogens is 291 g/mol. The number of hydrogen-bond donors (Lipinski definition) is 1. The van der Waals surface area contributed by atoms with Gasteiger partial charge in [-0.05, 0) is 33.6 Å². The molecule has 0 bridgehead atoms. The third-order valence-corrected chi connectivity index (χ3v) is 3.11. The lowest BCUT2D eigenvalue weighted by atomic mass is 10.2. The van der Waals surface area contributed by atoms with Crippen LogP contribution in [0.25, 0.3) is 0 Å². The van der Waals surface area contributed by atoms with E-state index in [2.05, 4.69) is 21.0 Å². The van der Waals surface area contributed by atoms with E-state index in [4.69, 9.17) is 5.11 Å². The summed E-state index contributed by atoms with van der Waals surface area (Å²) < 4.78 is 15.1. The van der Waals surface area contributed by atoms with Crippen molar-refractivity contribution in [1.29, 1.82) is 0 Å². The average molecular weight is 299 g/mol. The Morgan fingerprint density at radius 1 is 1.47 bits per heavy atom. The van der Waals surface area contributed by atoms with E-state index in [1.165, 1.54) is 16.8 Å². The van der Waals surface area contributed by atoms with Gasteiger partial charge in [0, 0.05) is 6.20 Å². The van der Waals surface area contributed by atoms with Crippen LogP contribution in [-0.4, -0.2) is 20.9 Å². The Hall–Kier alpha value is -1.69. The van der Waals surface area contributed by atoms with E-state index in [-0.39, 0.29) is 11.5 Å². The van der Waals surface area contributed by atoms with Crippen LogP contribution >= 0.6 is 15.9 Å². The molecule has 4 nitrogen and oxygen atoms in total. The van der Waals surface area contributed by atoms with Crippen LogP contribution in [0.1, 0.15) is 16.1 Å². The molecule has 0 aliphatic rings. The molecule has 0 fully saturated rings. The van der Waals surface area contributed by atoms with Crippen LogP contribution in [0.2, 0.25) is 0 Å². The molecule has 1 aromatic carbocycles. The molecule has 2 rings (SSSR count). The molecule has 0 radical (unpaired) electrons. The summed E-state index contributed by atoms with van der Waals surface area (Å²) in [4.78, 5) is 10.6. The molecule has 0 saturated heterocycles. The van der Waals surface area contributed by atoms with E-state index in [0.717, 1.165) is 0 Å². The van der Waals surface area contributed by atoms with Gasteiger partial charge in [-0.15, -0.1) is 0 Å². The van der Waals surface area contributed by atoms with Crippen molar-refractivity contribution in [2.45, 2.75) is 6.54 Å². The van der Waals surface area contributed by atoms with Crippen molar-refractivity contribution in [3.8, 4) is 0 Å². The molecule has 1 N–H and O–H groups in total. The van der Waals surface area contributed by atoms with Gasteiger partial charge in [-0.1, -0.05) is 12.1 Å². The van der Waals surface area contributed by atoms with Crippen molar-refractivity contribution >= 4 is 21.9 Å². The number of nitrogens with zero attached hydrogens (tertiary/aromatic N) is 2. The third kappa shape index (κ3) is 2.52. The van der Waals surface area contributed by atoms with E-state index < -0.39 is 5.97 Å². The second-order valence-corrected chi connectivity index (χ2v) is 4.21. The van der Waals surface area contributed by atoms with Gasteiger partial charge in [-0.25, -0.2) is 9.18 Å². The van der Waals surface area contributed by atoms with Gasteiger partial charge < -0.3 is 5.11 Å². The molecule has 0 aliphatic carbocycles. The summed E-state index contributed by atoms with van der Waals surface area (Å²) >= 11 is 3.14. The van der Waals surface area contributed by atoms with Gasteiger partial charge in [0.2, 0.25) is 0 Å². The molecular formula is C11H8BrFN2O2. The standard InChI is InChI=1S/C11H8BrFN2O2/c12-10-7(2-1-3-8(10)13)6-15-5-4-9(14-15)11(16)17/h1-5H,6H2,(H,16,17). The molecule has 0 unspecified atom stereocenters. The fraction of sp³-hybridized carbons (Fsp3) is 0.0909. The van der Waals surface area contributed by atoms with Crippen molar-refractivity contribution < 1.29 is 14.3 Å². The highest BCUT2D eigenvalue weighted by Gasteiger charge is 2.09. The minimum atomic E-state index is -1.08. The van der Waals surface area contributed by atoms with Crippen LogP contribution in [0.3, 0.4) is 0 Å². The molecule has 6 heteroatoms. The van der Waals surface area contributed by atoms with Crippen LogP contribution in [0.5, 0.6) is 0 Å². The summed E-state index contributed by atoms with van der Waals surface area (Å²) in [5.74, 6) is -1.44. The van der Waals surface area contributed by atoms with Gasteiger partial charge in [-0.2, -0.15) is 5.10 Å². The Morgan fingerprint density at radius 2 is 2.24 bits per heavy atom. The highest BCUT2D eigenvalue weighted by molar-refractivity contribution is 9.10. The molecule has 1 heterocycles. The van der Waals surface area contributed by atoms with Crippen molar-refractivity contribution in [2.75, 3.05) is 0 Å². The minimum Gasteiger partial charge on any atom is -0.476 e. The Morgan fingerprint density at radius 3 is 2.88 bits per heavy atom. The van der Waals surface area contributed by atoms with E-state index in [1.807, 2.05) is 0 Å². The van der Waals surface area contributed by atoms with Crippen molar-refractivity contribution in [1.82, 2.24) is 9.78 Å². The zero-order chi connectivity index (χ0) is 12.4. The van der Waals surface area contributed by atoms with Gasteiger partial charge >= 0.3 is 5.97 Å². The average Bonchev–Trinajstić information content (AvgIpc) is 2.73. The number of halogens is 2. The molecule has 0 atom stereocenters. The second-order valence-electron chi connectivity index (χ2n) is 3.42. The predicted molar refractivity (Wildman–Crippen MR) is 62.4 cm³/mol. The van der Waals surface area contributed by atoms with Crippen LogP contribution in [-0.2, 0) is 6.54 Å². The first-order valence-electron chi connectivity index (χ1n) is 4.77. The largest absolute Gasteiger partial charge is 0.476 e. The van der Waals surface area contributed by atoms with Crippen molar-refractivity contribution in [3.05, 3.63) is 52.0 Å².